The van der Waals surface area contributed by atoms with E-state index >= 15 is 0 Å². The number of halogens is 1. The highest BCUT2D eigenvalue weighted by atomic mass is 35.5. The van der Waals surface area contributed by atoms with E-state index in [-0.39, 0.29) is 0 Å². The molecule has 1 aromatic rings. The number of nitrogens with one attached hydrogen (secondary N) is 2. The van der Waals surface area contributed by atoms with Crippen LogP contribution < -0.4 is 10.6 Å². The molecule has 1 aliphatic heterocycles. The molecule has 1 atom stereocenters. The topological polar surface area (TPSA) is 24.1 Å². The summed E-state index contributed by atoms with van der Waals surface area (Å²) in [4.78, 5) is 0. The van der Waals surface area contributed by atoms with Gasteiger partial charge >= 0.3 is 0 Å². The Morgan fingerprint density at radius 1 is 1.29 bits per heavy atom. The summed E-state index contributed by atoms with van der Waals surface area (Å²) in [5, 5.41) is 7.65. The molecule has 2 rings (SSSR count). The summed E-state index contributed by atoms with van der Waals surface area (Å²) in [6.07, 6.45) is 2.50. The third kappa shape index (κ3) is 2.63. The van der Waals surface area contributed by atoms with E-state index in [0.29, 0.717) is 6.04 Å². The van der Waals surface area contributed by atoms with Gasteiger partial charge in [-0.1, -0.05) is 11.6 Å². The van der Waals surface area contributed by atoms with Crippen LogP contribution >= 0.6 is 11.6 Å². The Hall–Kier alpha value is -0.730. The normalized spacial score (nSPS) is 21.9. The zero-order chi connectivity index (χ0) is 9.80. The Balaban J connectivity index is 1.92. The number of anilines is 1. The fourth-order valence-electron chi connectivity index (χ4n) is 1.76. The molecule has 76 valence electrons. The average Bonchev–Trinajstić information content (AvgIpc) is 2.23. The lowest BCUT2D eigenvalue weighted by molar-refractivity contribution is 0.480. The predicted octanol–water partition coefficient (Wildman–Crippen LogP) is 2.50. The van der Waals surface area contributed by atoms with Crippen LogP contribution in [0.1, 0.15) is 12.8 Å². The molecule has 1 aromatic carbocycles. The van der Waals surface area contributed by atoms with Crippen molar-refractivity contribution in [3.8, 4) is 0 Å². The second-order valence-electron chi connectivity index (χ2n) is 3.69. The maximum Gasteiger partial charge on any atom is 0.0407 e. The van der Waals surface area contributed by atoms with Crippen LogP contribution in [0.3, 0.4) is 0 Å². The standard InChI is InChI=1S/C11H15ClN2/c12-9-3-5-10(6-4-9)14-11-2-1-7-13-8-11/h3-6,11,13-14H,1-2,7-8H2/t11-/m1/s1. The number of hydrogen-bond donors (Lipinski definition) is 2. The molecule has 1 saturated heterocycles. The summed E-state index contributed by atoms with van der Waals surface area (Å²) in [6, 6.07) is 8.44. The molecule has 14 heavy (non-hydrogen) atoms. The Morgan fingerprint density at radius 3 is 2.71 bits per heavy atom. The largest absolute Gasteiger partial charge is 0.381 e. The number of piperidine rings is 1. The van der Waals surface area contributed by atoms with Crippen molar-refractivity contribution in [3.05, 3.63) is 29.3 Å². The van der Waals surface area contributed by atoms with Crippen molar-refractivity contribution in [1.82, 2.24) is 5.32 Å². The van der Waals surface area contributed by atoms with Gasteiger partial charge in [0.2, 0.25) is 0 Å². The van der Waals surface area contributed by atoms with Crippen LogP contribution in [0.15, 0.2) is 24.3 Å². The van der Waals surface area contributed by atoms with Crippen LogP contribution in [0.4, 0.5) is 5.69 Å². The molecule has 0 saturated carbocycles. The van der Waals surface area contributed by atoms with Gasteiger partial charge < -0.3 is 10.6 Å². The van der Waals surface area contributed by atoms with Gasteiger partial charge in [-0.15, -0.1) is 0 Å². The van der Waals surface area contributed by atoms with E-state index in [1.165, 1.54) is 12.8 Å². The number of benzene rings is 1. The molecule has 0 radical (unpaired) electrons. The monoisotopic (exact) mass is 210 g/mol. The first kappa shape index (κ1) is 9.81. The minimum absolute atomic E-state index is 0.560. The van der Waals surface area contributed by atoms with Crippen molar-refractivity contribution in [1.29, 1.82) is 0 Å². The second-order valence-corrected chi connectivity index (χ2v) is 4.13. The summed E-state index contributed by atoms with van der Waals surface area (Å²) < 4.78 is 0. The lowest BCUT2D eigenvalue weighted by Crippen LogP contribution is -2.38. The maximum atomic E-state index is 5.81. The van der Waals surface area contributed by atoms with Gasteiger partial charge in [0.15, 0.2) is 0 Å². The summed E-state index contributed by atoms with van der Waals surface area (Å²) >= 11 is 5.81. The van der Waals surface area contributed by atoms with E-state index in [0.717, 1.165) is 23.8 Å². The summed E-state index contributed by atoms with van der Waals surface area (Å²) in [7, 11) is 0. The van der Waals surface area contributed by atoms with Crippen molar-refractivity contribution in [2.75, 3.05) is 18.4 Å². The summed E-state index contributed by atoms with van der Waals surface area (Å²) in [5.74, 6) is 0. The number of rotatable bonds is 2. The lowest BCUT2D eigenvalue weighted by atomic mass is 10.1. The van der Waals surface area contributed by atoms with E-state index < -0.39 is 0 Å². The van der Waals surface area contributed by atoms with Gasteiger partial charge in [0.05, 0.1) is 0 Å². The molecule has 2 nitrogen and oxygen atoms in total. The molecule has 0 spiro atoms. The van der Waals surface area contributed by atoms with E-state index in [2.05, 4.69) is 10.6 Å². The molecule has 0 unspecified atom stereocenters. The molecule has 0 amide bonds. The lowest BCUT2D eigenvalue weighted by Gasteiger charge is -2.24. The van der Waals surface area contributed by atoms with Gasteiger partial charge in [0.1, 0.15) is 0 Å². The first-order valence-corrected chi connectivity index (χ1v) is 5.45. The summed E-state index contributed by atoms with van der Waals surface area (Å²) in [5.41, 5.74) is 1.16. The predicted molar refractivity (Wildman–Crippen MR) is 61.0 cm³/mol. The minimum atomic E-state index is 0.560. The van der Waals surface area contributed by atoms with Crippen LogP contribution in [-0.2, 0) is 0 Å². The second kappa shape index (κ2) is 4.67. The molecule has 0 aliphatic carbocycles. The highest BCUT2D eigenvalue weighted by molar-refractivity contribution is 6.30. The fourth-order valence-corrected chi connectivity index (χ4v) is 1.88. The SMILES string of the molecule is Clc1ccc(N[C@@H]2CCCNC2)cc1. The van der Waals surface area contributed by atoms with Gasteiger partial charge in [0, 0.05) is 23.3 Å². The summed E-state index contributed by atoms with van der Waals surface area (Å²) in [6.45, 7) is 2.21. The van der Waals surface area contributed by atoms with E-state index in [1.54, 1.807) is 0 Å². The molecule has 3 heteroatoms. The van der Waals surface area contributed by atoms with Gasteiger partial charge in [-0.25, -0.2) is 0 Å². The first-order valence-electron chi connectivity index (χ1n) is 5.07. The molecule has 1 heterocycles. The Labute approximate surface area is 89.7 Å². The molecule has 0 aromatic heterocycles. The zero-order valence-corrected chi connectivity index (χ0v) is 8.85. The van der Waals surface area contributed by atoms with Crippen LogP contribution in [0.5, 0.6) is 0 Å². The quantitative estimate of drug-likeness (QED) is 0.784. The first-order chi connectivity index (χ1) is 6.84. The molecule has 2 N–H and O–H groups in total. The van der Waals surface area contributed by atoms with Crippen molar-refractivity contribution in [2.45, 2.75) is 18.9 Å². The average molecular weight is 211 g/mol. The fraction of sp³-hybridized carbons (Fsp3) is 0.455. The number of hydrogen-bond acceptors (Lipinski definition) is 2. The van der Waals surface area contributed by atoms with Gasteiger partial charge in [-0.2, -0.15) is 0 Å². The van der Waals surface area contributed by atoms with Crippen molar-refractivity contribution >= 4 is 17.3 Å². The van der Waals surface area contributed by atoms with Crippen molar-refractivity contribution < 1.29 is 0 Å². The van der Waals surface area contributed by atoms with Crippen LogP contribution in [0.25, 0.3) is 0 Å². The van der Waals surface area contributed by atoms with Crippen LogP contribution in [0.2, 0.25) is 5.02 Å². The molecule has 1 fully saturated rings. The van der Waals surface area contributed by atoms with Crippen molar-refractivity contribution in [2.24, 2.45) is 0 Å². The van der Waals surface area contributed by atoms with Crippen LogP contribution in [-0.4, -0.2) is 19.1 Å². The van der Waals surface area contributed by atoms with Gasteiger partial charge in [-0.05, 0) is 43.7 Å². The molecule has 0 bridgehead atoms. The third-order valence-electron chi connectivity index (χ3n) is 2.51. The Morgan fingerprint density at radius 2 is 2.07 bits per heavy atom. The molecular formula is C11H15ClN2. The molecular weight excluding hydrogens is 196 g/mol. The van der Waals surface area contributed by atoms with Gasteiger partial charge in [0.25, 0.3) is 0 Å². The smallest absolute Gasteiger partial charge is 0.0407 e. The van der Waals surface area contributed by atoms with E-state index in [1.807, 2.05) is 24.3 Å². The van der Waals surface area contributed by atoms with E-state index in [4.69, 9.17) is 11.6 Å². The third-order valence-corrected chi connectivity index (χ3v) is 2.76. The maximum absolute atomic E-state index is 5.81. The Bertz CT molecular complexity index is 278. The van der Waals surface area contributed by atoms with Crippen molar-refractivity contribution in [3.63, 3.8) is 0 Å². The molecule has 1 aliphatic rings. The van der Waals surface area contributed by atoms with Gasteiger partial charge in [-0.3, -0.25) is 0 Å². The van der Waals surface area contributed by atoms with E-state index in [9.17, 15) is 0 Å². The highest BCUT2D eigenvalue weighted by Gasteiger charge is 2.11. The van der Waals surface area contributed by atoms with Crippen LogP contribution in [0, 0.1) is 0 Å². The Kier molecular flexibility index (Phi) is 3.27. The highest BCUT2D eigenvalue weighted by Crippen LogP contribution is 2.16. The minimum Gasteiger partial charge on any atom is -0.381 e. The zero-order valence-electron chi connectivity index (χ0n) is 8.09.